The molecule has 0 saturated carbocycles. The molecule has 84 valence electrons. The molecule has 1 atom stereocenters. The molecule has 4 nitrogen and oxygen atoms in total. The summed E-state index contributed by atoms with van der Waals surface area (Å²) in [5.41, 5.74) is 6.52. The molecule has 0 spiro atoms. The number of amidine groups is 1. The first-order valence-corrected chi connectivity index (χ1v) is 5.80. The Morgan fingerprint density at radius 3 is 2.87 bits per heavy atom. The number of aryl methyl sites for hydroxylation is 1. The van der Waals surface area contributed by atoms with Crippen molar-refractivity contribution in [3.63, 3.8) is 0 Å². The molecule has 0 bridgehead atoms. The molecule has 1 rings (SSSR count). The van der Waals surface area contributed by atoms with E-state index in [0.717, 1.165) is 23.8 Å². The van der Waals surface area contributed by atoms with Gasteiger partial charge in [0.15, 0.2) is 0 Å². The minimum atomic E-state index is 0.106. The lowest BCUT2D eigenvalue weighted by atomic mass is 10.1. The minimum Gasteiger partial charge on any atom is -0.387 e. The quantitative estimate of drug-likeness (QED) is 0.590. The Bertz CT molecular complexity index is 334. The van der Waals surface area contributed by atoms with Crippen LogP contribution >= 0.6 is 11.3 Å². The molecular weight excluding hydrogens is 208 g/mol. The molecule has 1 aromatic heterocycles. The summed E-state index contributed by atoms with van der Waals surface area (Å²) in [5, 5.41) is 10.5. The summed E-state index contributed by atoms with van der Waals surface area (Å²) in [6.45, 7) is 5.59. The molecule has 5 heteroatoms. The van der Waals surface area contributed by atoms with Gasteiger partial charge in [-0.25, -0.2) is 4.98 Å². The van der Waals surface area contributed by atoms with E-state index in [2.05, 4.69) is 15.3 Å². The van der Waals surface area contributed by atoms with Crippen molar-refractivity contribution >= 4 is 17.2 Å². The zero-order valence-corrected chi connectivity index (χ0v) is 10.3. The maximum atomic E-state index is 7.32. The Kier molecular flexibility index (Phi) is 4.23. The fourth-order valence-electron chi connectivity index (χ4n) is 1.39. The van der Waals surface area contributed by atoms with E-state index in [1.807, 2.05) is 20.9 Å². The second kappa shape index (κ2) is 5.23. The van der Waals surface area contributed by atoms with Gasteiger partial charge < -0.3 is 5.73 Å². The van der Waals surface area contributed by atoms with E-state index in [4.69, 9.17) is 11.1 Å². The largest absolute Gasteiger partial charge is 0.387 e. The topological polar surface area (TPSA) is 66.0 Å². The molecule has 0 aliphatic heterocycles. The van der Waals surface area contributed by atoms with Crippen LogP contribution in [-0.4, -0.2) is 29.3 Å². The number of nitrogens with zero attached hydrogens (tertiary/aromatic N) is 2. The number of rotatable bonds is 5. The summed E-state index contributed by atoms with van der Waals surface area (Å²) in [6, 6.07) is 0. The minimum absolute atomic E-state index is 0.106. The predicted molar refractivity (Wildman–Crippen MR) is 64.3 cm³/mol. The zero-order chi connectivity index (χ0) is 11.4. The number of hydrogen-bond donors (Lipinski definition) is 2. The van der Waals surface area contributed by atoms with Crippen molar-refractivity contribution in [2.45, 2.75) is 20.4 Å². The van der Waals surface area contributed by atoms with E-state index >= 15 is 0 Å². The van der Waals surface area contributed by atoms with Gasteiger partial charge >= 0.3 is 0 Å². The van der Waals surface area contributed by atoms with E-state index in [1.54, 1.807) is 11.3 Å². The normalized spacial score (nSPS) is 13.1. The van der Waals surface area contributed by atoms with Crippen LogP contribution < -0.4 is 5.73 Å². The Balaban J connectivity index is 2.42. The van der Waals surface area contributed by atoms with Crippen LogP contribution in [0.15, 0.2) is 5.38 Å². The second-order valence-electron chi connectivity index (χ2n) is 3.91. The average molecular weight is 226 g/mol. The molecule has 15 heavy (non-hydrogen) atoms. The molecule has 0 aliphatic carbocycles. The summed E-state index contributed by atoms with van der Waals surface area (Å²) >= 11 is 1.67. The van der Waals surface area contributed by atoms with Crippen molar-refractivity contribution < 1.29 is 0 Å². The van der Waals surface area contributed by atoms with Crippen LogP contribution in [0.25, 0.3) is 0 Å². The summed E-state index contributed by atoms with van der Waals surface area (Å²) < 4.78 is 0. The Hall–Kier alpha value is -0.940. The van der Waals surface area contributed by atoms with Gasteiger partial charge in [-0.15, -0.1) is 11.3 Å². The van der Waals surface area contributed by atoms with E-state index in [-0.39, 0.29) is 11.8 Å². The number of nitrogens with two attached hydrogens (primary N) is 1. The van der Waals surface area contributed by atoms with Crippen LogP contribution in [0, 0.1) is 18.3 Å². The highest BCUT2D eigenvalue weighted by Crippen LogP contribution is 2.10. The van der Waals surface area contributed by atoms with Gasteiger partial charge in [0, 0.05) is 24.4 Å². The van der Waals surface area contributed by atoms with Gasteiger partial charge in [0.1, 0.15) is 0 Å². The third kappa shape index (κ3) is 3.97. The van der Waals surface area contributed by atoms with Crippen LogP contribution in [0.2, 0.25) is 0 Å². The zero-order valence-electron chi connectivity index (χ0n) is 9.45. The van der Waals surface area contributed by atoms with E-state index in [9.17, 15) is 0 Å². The van der Waals surface area contributed by atoms with Gasteiger partial charge in [-0.2, -0.15) is 0 Å². The third-order valence-corrected chi connectivity index (χ3v) is 3.04. The maximum absolute atomic E-state index is 7.32. The van der Waals surface area contributed by atoms with Crippen LogP contribution in [0.4, 0.5) is 0 Å². The van der Waals surface area contributed by atoms with Gasteiger partial charge in [0.2, 0.25) is 0 Å². The first-order valence-electron chi connectivity index (χ1n) is 4.92. The van der Waals surface area contributed by atoms with Crippen LogP contribution in [-0.2, 0) is 6.54 Å². The molecule has 0 fully saturated rings. The predicted octanol–water partition coefficient (Wildman–Crippen LogP) is 1.46. The standard InChI is InChI=1S/C10H18N4S/c1-7(10(11)12)4-14(3)5-9-6-15-8(2)13-9/h6-7H,4-5H2,1-3H3,(H3,11,12). The fourth-order valence-corrected chi connectivity index (χ4v) is 1.99. The van der Waals surface area contributed by atoms with Crippen LogP contribution in [0.5, 0.6) is 0 Å². The highest BCUT2D eigenvalue weighted by atomic mass is 32.1. The lowest BCUT2D eigenvalue weighted by molar-refractivity contribution is 0.303. The average Bonchev–Trinajstić information content (AvgIpc) is 2.50. The van der Waals surface area contributed by atoms with Crippen molar-refractivity contribution in [2.24, 2.45) is 11.7 Å². The summed E-state index contributed by atoms with van der Waals surface area (Å²) in [5.74, 6) is 0.353. The first-order chi connectivity index (χ1) is 6.99. The summed E-state index contributed by atoms with van der Waals surface area (Å²) in [6.07, 6.45) is 0. The lowest BCUT2D eigenvalue weighted by Gasteiger charge is -2.19. The third-order valence-electron chi connectivity index (χ3n) is 2.21. The fraction of sp³-hybridized carbons (Fsp3) is 0.600. The molecule has 0 aliphatic rings. The maximum Gasteiger partial charge on any atom is 0.0947 e. The number of thiazole rings is 1. The summed E-state index contributed by atoms with van der Waals surface area (Å²) in [7, 11) is 2.02. The van der Waals surface area contributed by atoms with Crippen LogP contribution in [0.3, 0.4) is 0 Å². The lowest BCUT2D eigenvalue weighted by Crippen LogP contribution is -2.31. The van der Waals surface area contributed by atoms with Crippen molar-refractivity contribution in [2.75, 3.05) is 13.6 Å². The van der Waals surface area contributed by atoms with Gasteiger partial charge in [-0.3, -0.25) is 10.3 Å². The van der Waals surface area contributed by atoms with E-state index in [0.29, 0.717) is 0 Å². The monoisotopic (exact) mass is 226 g/mol. The molecule has 3 N–H and O–H groups in total. The smallest absolute Gasteiger partial charge is 0.0947 e. The van der Waals surface area contributed by atoms with Gasteiger partial charge in [-0.1, -0.05) is 6.92 Å². The van der Waals surface area contributed by atoms with Gasteiger partial charge in [0.05, 0.1) is 16.5 Å². The molecule has 0 aromatic carbocycles. The molecule has 1 aromatic rings. The summed E-state index contributed by atoms with van der Waals surface area (Å²) in [4.78, 5) is 6.53. The molecule has 0 radical (unpaired) electrons. The van der Waals surface area contributed by atoms with E-state index in [1.165, 1.54) is 0 Å². The number of hydrogen-bond acceptors (Lipinski definition) is 4. The van der Waals surface area contributed by atoms with Gasteiger partial charge in [0.25, 0.3) is 0 Å². The Labute approximate surface area is 94.6 Å². The van der Waals surface area contributed by atoms with Crippen molar-refractivity contribution in [1.29, 1.82) is 5.41 Å². The molecule has 0 amide bonds. The highest BCUT2D eigenvalue weighted by molar-refractivity contribution is 7.09. The highest BCUT2D eigenvalue weighted by Gasteiger charge is 2.10. The van der Waals surface area contributed by atoms with Crippen LogP contribution in [0.1, 0.15) is 17.6 Å². The molecule has 0 saturated heterocycles. The number of nitrogens with one attached hydrogen (secondary N) is 1. The number of aromatic nitrogens is 1. The van der Waals surface area contributed by atoms with Crippen molar-refractivity contribution in [3.8, 4) is 0 Å². The molecule has 1 heterocycles. The van der Waals surface area contributed by atoms with Crippen molar-refractivity contribution in [1.82, 2.24) is 9.88 Å². The Morgan fingerprint density at radius 1 is 1.73 bits per heavy atom. The van der Waals surface area contributed by atoms with E-state index < -0.39 is 0 Å². The van der Waals surface area contributed by atoms with Crippen molar-refractivity contribution in [3.05, 3.63) is 16.1 Å². The molecular formula is C10H18N4S. The SMILES string of the molecule is Cc1nc(CN(C)CC(C)C(=N)N)cs1. The Morgan fingerprint density at radius 2 is 2.40 bits per heavy atom. The second-order valence-corrected chi connectivity index (χ2v) is 4.97. The van der Waals surface area contributed by atoms with Gasteiger partial charge in [-0.05, 0) is 14.0 Å². The first kappa shape index (κ1) is 12.1. The molecule has 1 unspecified atom stereocenters.